The van der Waals surface area contributed by atoms with E-state index in [1.165, 1.54) is 5.69 Å². The fraction of sp³-hybridized carbons (Fsp3) is 0.750. The summed E-state index contributed by atoms with van der Waals surface area (Å²) in [5, 5.41) is 4.32. The summed E-state index contributed by atoms with van der Waals surface area (Å²) in [6, 6.07) is 2.12. The van der Waals surface area contributed by atoms with Crippen molar-refractivity contribution in [2.45, 2.75) is 45.8 Å². The van der Waals surface area contributed by atoms with E-state index in [-0.39, 0.29) is 12.1 Å². The first-order valence-corrected chi connectivity index (χ1v) is 5.95. The molecule has 0 aliphatic heterocycles. The number of nitrogens with zero attached hydrogens (tertiary/aromatic N) is 2. The van der Waals surface area contributed by atoms with Gasteiger partial charge in [0.2, 0.25) is 0 Å². The minimum absolute atomic E-state index is 0.0414. The first-order chi connectivity index (χ1) is 7.58. The normalized spacial score (nSPS) is 15.1. The average molecular weight is 225 g/mol. The maximum Gasteiger partial charge on any atom is 0.0727 e. The van der Waals surface area contributed by atoms with Crippen molar-refractivity contribution >= 4 is 0 Å². The van der Waals surface area contributed by atoms with Gasteiger partial charge < -0.3 is 10.5 Å². The molecular formula is C12H23N3O. The number of ether oxygens (including phenoxy) is 1. The summed E-state index contributed by atoms with van der Waals surface area (Å²) in [6.45, 7) is 6.82. The van der Waals surface area contributed by atoms with E-state index >= 15 is 0 Å². The number of rotatable bonds is 6. The number of hydrogen-bond acceptors (Lipinski definition) is 3. The summed E-state index contributed by atoms with van der Waals surface area (Å²) in [7, 11) is 1.96. The van der Waals surface area contributed by atoms with Crippen LogP contribution in [-0.2, 0) is 18.2 Å². The van der Waals surface area contributed by atoms with Gasteiger partial charge in [-0.2, -0.15) is 5.10 Å². The number of nitrogens with two attached hydrogens (primary N) is 1. The highest BCUT2D eigenvalue weighted by Gasteiger charge is 2.18. The summed E-state index contributed by atoms with van der Waals surface area (Å²) in [4.78, 5) is 0. The van der Waals surface area contributed by atoms with Gasteiger partial charge in [0.1, 0.15) is 0 Å². The Morgan fingerprint density at radius 2 is 2.19 bits per heavy atom. The third-order valence-corrected chi connectivity index (χ3v) is 2.80. The second-order valence-electron chi connectivity index (χ2n) is 4.17. The van der Waals surface area contributed by atoms with Gasteiger partial charge in [-0.3, -0.25) is 4.68 Å². The Balaban J connectivity index is 2.62. The third-order valence-electron chi connectivity index (χ3n) is 2.80. The van der Waals surface area contributed by atoms with Gasteiger partial charge in [-0.05, 0) is 26.3 Å². The number of aromatic nitrogens is 2. The van der Waals surface area contributed by atoms with Crippen molar-refractivity contribution in [2.24, 2.45) is 12.8 Å². The quantitative estimate of drug-likeness (QED) is 0.796. The summed E-state index contributed by atoms with van der Waals surface area (Å²) in [5.74, 6) is 0. The van der Waals surface area contributed by atoms with Crippen LogP contribution in [-0.4, -0.2) is 28.5 Å². The Hall–Kier alpha value is -0.870. The van der Waals surface area contributed by atoms with Crippen LogP contribution in [0.1, 0.15) is 31.7 Å². The van der Waals surface area contributed by atoms with Crippen LogP contribution in [0.25, 0.3) is 0 Å². The van der Waals surface area contributed by atoms with Gasteiger partial charge >= 0.3 is 0 Å². The lowest BCUT2D eigenvalue weighted by Crippen LogP contribution is -2.38. The summed E-state index contributed by atoms with van der Waals surface area (Å²) in [5.41, 5.74) is 8.36. The van der Waals surface area contributed by atoms with E-state index in [4.69, 9.17) is 10.5 Å². The molecule has 2 N–H and O–H groups in total. The zero-order chi connectivity index (χ0) is 12.1. The molecule has 0 aliphatic carbocycles. The van der Waals surface area contributed by atoms with E-state index in [9.17, 15) is 0 Å². The Kier molecular flexibility index (Phi) is 4.96. The molecule has 16 heavy (non-hydrogen) atoms. The van der Waals surface area contributed by atoms with Crippen LogP contribution in [0.4, 0.5) is 0 Å². The fourth-order valence-electron chi connectivity index (χ4n) is 1.99. The molecule has 2 atom stereocenters. The second kappa shape index (κ2) is 6.01. The van der Waals surface area contributed by atoms with Gasteiger partial charge in [0.15, 0.2) is 0 Å². The molecule has 0 aliphatic rings. The first-order valence-electron chi connectivity index (χ1n) is 5.95. The van der Waals surface area contributed by atoms with Crippen molar-refractivity contribution in [1.29, 1.82) is 0 Å². The zero-order valence-electron chi connectivity index (χ0n) is 10.7. The highest BCUT2D eigenvalue weighted by atomic mass is 16.5. The van der Waals surface area contributed by atoms with Crippen molar-refractivity contribution in [2.75, 3.05) is 6.61 Å². The van der Waals surface area contributed by atoms with E-state index < -0.39 is 0 Å². The van der Waals surface area contributed by atoms with Crippen molar-refractivity contribution in [3.63, 3.8) is 0 Å². The summed E-state index contributed by atoms with van der Waals surface area (Å²) < 4.78 is 7.51. The van der Waals surface area contributed by atoms with Crippen LogP contribution in [0.3, 0.4) is 0 Å². The summed E-state index contributed by atoms with van der Waals surface area (Å²) >= 11 is 0. The molecule has 1 rings (SSSR count). The maximum atomic E-state index is 6.16. The lowest BCUT2D eigenvalue weighted by molar-refractivity contribution is 0.0413. The van der Waals surface area contributed by atoms with Gasteiger partial charge in [0, 0.05) is 31.8 Å². The van der Waals surface area contributed by atoms with Crippen LogP contribution in [0.2, 0.25) is 0 Å². The molecule has 1 heterocycles. The van der Waals surface area contributed by atoms with Gasteiger partial charge in [0.05, 0.1) is 11.8 Å². The van der Waals surface area contributed by atoms with Crippen LogP contribution in [0.5, 0.6) is 0 Å². The predicted octanol–water partition coefficient (Wildman–Crippen LogP) is 1.41. The van der Waals surface area contributed by atoms with Gasteiger partial charge in [-0.25, -0.2) is 0 Å². The molecule has 0 radical (unpaired) electrons. The molecule has 0 spiro atoms. The van der Waals surface area contributed by atoms with Crippen molar-refractivity contribution in [1.82, 2.24) is 9.78 Å². The van der Waals surface area contributed by atoms with E-state index in [1.807, 2.05) is 25.6 Å². The van der Waals surface area contributed by atoms with E-state index in [1.54, 1.807) is 0 Å². The van der Waals surface area contributed by atoms with Crippen LogP contribution >= 0.6 is 0 Å². The highest BCUT2D eigenvalue weighted by Crippen LogP contribution is 2.10. The van der Waals surface area contributed by atoms with Crippen LogP contribution in [0.15, 0.2) is 6.07 Å². The molecule has 4 nitrogen and oxygen atoms in total. The molecule has 4 heteroatoms. The fourth-order valence-corrected chi connectivity index (χ4v) is 1.99. The Bertz CT molecular complexity index is 322. The van der Waals surface area contributed by atoms with Crippen molar-refractivity contribution in [3.8, 4) is 0 Å². The lowest BCUT2D eigenvalue weighted by Gasteiger charge is -2.22. The lowest BCUT2D eigenvalue weighted by atomic mass is 10.0. The van der Waals surface area contributed by atoms with Crippen LogP contribution < -0.4 is 5.73 Å². The predicted molar refractivity (Wildman–Crippen MR) is 65.3 cm³/mol. The van der Waals surface area contributed by atoms with E-state index in [0.717, 1.165) is 25.1 Å². The molecule has 92 valence electrons. The number of hydrogen-bond donors (Lipinski definition) is 1. The maximum absolute atomic E-state index is 6.16. The van der Waals surface area contributed by atoms with Crippen molar-refractivity contribution in [3.05, 3.63) is 17.5 Å². The van der Waals surface area contributed by atoms with Gasteiger partial charge in [-0.15, -0.1) is 0 Å². The molecule has 0 saturated carbocycles. The molecular weight excluding hydrogens is 202 g/mol. The molecule has 1 aromatic heterocycles. The highest BCUT2D eigenvalue weighted by molar-refractivity contribution is 5.10. The van der Waals surface area contributed by atoms with E-state index in [2.05, 4.69) is 18.1 Å². The topological polar surface area (TPSA) is 53.1 Å². The van der Waals surface area contributed by atoms with E-state index in [0.29, 0.717) is 0 Å². The molecule has 0 amide bonds. The average Bonchev–Trinajstić information content (AvgIpc) is 2.53. The van der Waals surface area contributed by atoms with Crippen molar-refractivity contribution < 1.29 is 4.74 Å². The smallest absolute Gasteiger partial charge is 0.0727 e. The first kappa shape index (κ1) is 13.2. The van der Waals surface area contributed by atoms with Crippen LogP contribution in [0, 0.1) is 6.92 Å². The third kappa shape index (κ3) is 3.32. The molecule has 1 aromatic rings. The molecule has 0 bridgehead atoms. The second-order valence-corrected chi connectivity index (χ2v) is 4.17. The Labute approximate surface area is 97.8 Å². The monoisotopic (exact) mass is 225 g/mol. The number of aryl methyl sites for hydroxylation is 2. The largest absolute Gasteiger partial charge is 0.377 e. The molecule has 0 fully saturated rings. The minimum atomic E-state index is 0.0414. The molecule has 0 saturated heterocycles. The SMILES string of the molecule is CCOC(CC)C(N)Cc1cc(C)nn1C. The molecule has 0 aromatic carbocycles. The molecule has 2 unspecified atom stereocenters. The standard InChI is InChI=1S/C12H23N3O/c1-5-12(16-6-2)11(13)8-10-7-9(3)14-15(10)4/h7,11-12H,5-6,8,13H2,1-4H3. The summed E-state index contributed by atoms with van der Waals surface area (Å²) in [6.07, 6.45) is 1.90. The zero-order valence-corrected chi connectivity index (χ0v) is 10.7. The Morgan fingerprint density at radius 1 is 1.50 bits per heavy atom. The van der Waals surface area contributed by atoms with Gasteiger partial charge in [0.25, 0.3) is 0 Å². The minimum Gasteiger partial charge on any atom is -0.377 e. The van der Waals surface area contributed by atoms with Gasteiger partial charge in [-0.1, -0.05) is 6.92 Å². The Morgan fingerprint density at radius 3 is 2.62 bits per heavy atom.